The number of aryl methyl sites for hydroxylation is 1. The fourth-order valence-electron chi connectivity index (χ4n) is 1.54. The van der Waals surface area contributed by atoms with E-state index in [1.807, 2.05) is 0 Å². The Morgan fingerprint density at radius 3 is 2.47 bits per heavy atom. The Kier molecular flexibility index (Phi) is 4.47. The SMILES string of the molecule is Cc1cc(C(CCC(F)(F)F)NN)ccc1F. The van der Waals surface area contributed by atoms with Crippen molar-refractivity contribution in [2.75, 3.05) is 0 Å². The molecule has 0 heterocycles. The van der Waals surface area contributed by atoms with Crippen LogP contribution in [0.15, 0.2) is 18.2 Å². The van der Waals surface area contributed by atoms with Gasteiger partial charge in [-0.1, -0.05) is 12.1 Å². The Labute approximate surface area is 96.8 Å². The van der Waals surface area contributed by atoms with E-state index >= 15 is 0 Å². The van der Waals surface area contributed by atoms with Crippen molar-refractivity contribution in [1.29, 1.82) is 0 Å². The van der Waals surface area contributed by atoms with Crippen molar-refractivity contribution < 1.29 is 17.6 Å². The monoisotopic (exact) mass is 250 g/mol. The van der Waals surface area contributed by atoms with E-state index in [4.69, 9.17) is 5.84 Å². The number of rotatable bonds is 4. The van der Waals surface area contributed by atoms with Crippen LogP contribution in [0.2, 0.25) is 0 Å². The molecule has 0 aliphatic carbocycles. The molecule has 1 aromatic rings. The van der Waals surface area contributed by atoms with Crippen molar-refractivity contribution in [2.45, 2.75) is 32.0 Å². The number of benzene rings is 1. The predicted octanol–water partition coefficient (Wildman–Crippen LogP) is 2.98. The smallest absolute Gasteiger partial charge is 0.271 e. The van der Waals surface area contributed by atoms with Gasteiger partial charge in [-0.25, -0.2) is 4.39 Å². The van der Waals surface area contributed by atoms with Crippen LogP contribution >= 0.6 is 0 Å². The largest absolute Gasteiger partial charge is 0.389 e. The summed E-state index contributed by atoms with van der Waals surface area (Å²) in [6.45, 7) is 1.55. The Bertz CT molecular complexity index is 376. The lowest BCUT2D eigenvalue weighted by Gasteiger charge is -2.17. The van der Waals surface area contributed by atoms with Crippen molar-refractivity contribution >= 4 is 0 Å². The van der Waals surface area contributed by atoms with E-state index in [1.54, 1.807) is 6.92 Å². The molecule has 1 aromatic carbocycles. The number of alkyl halides is 3. The van der Waals surface area contributed by atoms with Gasteiger partial charge in [0.25, 0.3) is 0 Å². The minimum atomic E-state index is -4.22. The highest BCUT2D eigenvalue weighted by molar-refractivity contribution is 5.26. The normalized spacial score (nSPS) is 13.8. The third kappa shape index (κ3) is 4.32. The molecule has 0 saturated heterocycles. The van der Waals surface area contributed by atoms with Gasteiger partial charge in [0, 0.05) is 12.5 Å². The maximum absolute atomic E-state index is 13.0. The molecule has 96 valence electrons. The lowest BCUT2D eigenvalue weighted by molar-refractivity contribution is -0.136. The summed E-state index contributed by atoms with van der Waals surface area (Å²) in [6.07, 6.45) is -5.33. The fourth-order valence-corrected chi connectivity index (χ4v) is 1.54. The zero-order chi connectivity index (χ0) is 13.1. The van der Waals surface area contributed by atoms with Crippen LogP contribution in [-0.4, -0.2) is 6.18 Å². The molecule has 1 unspecified atom stereocenters. The molecule has 0 aliphatic rings. The van der Waals surface area contributed by atoms with Gasteiger partial charge in [0.2, 0.25) is 0 Å². The van der Waals surface area contributed by atoms with Gasteiger partial charge in [0.05, 0.1) is 0 Å². The van der Waals surface area contributed by atoms with E-state index in [1.165, 1.54) is 18.2 Å². The first kappa shape index (κ1) is 13.9. The van der Waals surface area contributed by atoms with Crippen molar-refractivity contribution in [1.82, 2.24) is 5.43 Å². The molecule has 0 saturated carbocycles. The molecule has 0 aliphatic heterocycles. The summed E-state index contributed by atoms with van der Waals surface area (Å²) in [5, 5.41) is 0. The first-order valence-electron chi connectivity index (χ1n) is 5.12. The summed E-state index contributed by atoms with van der Waals surface area (Å²) in [7, 11) is 0. The van der Waals surface area contributed by atoms with E-state index < -0.39 is 18.6 Å². The third-order valence-corrected chi connectivity index (χ3v) is 2.50. The average Bonchev–Trinajstić information content (AvgIpc) is 2.22. The minimum absolute atomic E-state index is 0.176. The predicted molar refractivity (Wildman–Crippen MR) is 56.5 cm³/mol. The van der Waals surface area contributed by atoms with Gasteiger partial charge < -0.3 is 0 Å². The van der Waals surface area contributed by atoms with Crippen LogP contribution in [0.1, 0.15) is 30.0 Å². The molecular weight excluding hydrogens is 236 g/mol. The van der Waals surface area contributed by atoms with Crippen LogP contribution < -0.4 is 11.3 Å². The molecule has 0 fully saturated rings. The lowest BCUT2D eigenvalue weighted by Crippen LogP contribution is -2.29. The van der Waals surface area contributed by atoms with Gasteiger partial charge in [-0.3, -0.25) is 11.3 Å². The molecule has 2 nitrogen and oxygen atoms in total. The number of hydrogen-bond acceptors (Lipinski definition) is 2. The molecule has 17 heavy (non-hydrogen) atoms. The first-order valence-corrected chi connectivity index (χ1v) is 5.12. The maximum atomic E-state index is 13.0. The molecule has 0 bridgehead atoms. The van der Waals surface area contributed by atoms with E-state index in [2.05, 4.69) is 5.43 Å². The Morgan fingerprint density at radius 2 is 2.00 bits per heavy atom. The van der Waals surface area contributed by atoms with Gasteiger partial charge in [-0.05, 0) is 30.5 Å². The second kappa shape index (κ2) is 5.46. The summed E-state index contributed by atoms with van der Waals surface area (Å²) in [5.74, 6) is 4.82. The molecular formula is C11H14F4N2. The van der Waals surface area contributed by atoms with E-state index in [9.17, 15) is 17.6 Å². The molecule has 0 aromatic heterocycles. The number of nitrogens with two attached hydrogens (primary N) is 1. The molecule has 0 spiro atoms. The van der Waals surface area contributed by atoms with Crippen molar-refractivity contribution in [3.8, 4) is 0 Å². The molecule has 6 heteroatoms. The zero-order valence-corrected chi connectivity index (χ0v) is 9.31. The number of nitrogens with one attached hydrogen (secondary N) is 1. The lowest BCUT2D eigenvalue weighted by atomic mass is 10.0. The topological polar surface area (TPSA) is 38.0 Å². The maximum Gasteiger partial charge on any atom is 0.389 e. The summed E-state index contributed by atoms with van der Waals surface area (Å²) in [6, 6.07) is 3.53. The standard InChI is InChI=1S/C11H14F4N2/c1-7-6-8(2-3-9(7)12)10(17-16)4-5-11(13,14)15/h2-3,6,10,17H,4-5,16H2,1H3. The van der Waals surface area contributed by atoms with Crippen LogP contribution in [0, 0.1) is 12.7 Å². The van der Waals surface area contributed by atoms with Crippen LogP contribution in [0.3, 0.4) is 0 Å². The van der Waals surface area contributed by atoms with Crippen molar-refractivity contribution in [3.05, 3.63) is 35.1 Å². The summed E-state index contributed by atoms with van der Waals surface area (Å²) >= 11 is 0. The number of halogens is 4. The van der Waals surface area contributed by atoms with Gasteiger partial charge in [0.15, 0.2) is 0 Å². The number of hydrogen-bond donors (Lipinski definition) is 2. The van der Waals surface area contributed by atoms with Crippen molar-refractivity contribution in [3.63, 3.8) is 0 Å². The minimum Gasteiger partial charge on any atom is -0.271 e. The highest BCUT2D eigenvalue weighted by Crippen LogP contribution is 2.27. The molecule has 0 radical (unpaired) electrons. The Balaban J connectivity index is 2.76. The molecule has 0 amide bonds. The van der Waals surface area contributed by atoms with Crippen molar-refractivity contribution in [2.24, 2.45) is 5.84 Å². The van der Waals surface area contributed by atoms with Gasteiger partial charge >= 0.3 is 6.18 Å². The highest BCUT2D eigenvalue weighted by Gasteiger charge is 2.28. The molecule has 3 N–H and O–H groups in total. The van der Waals surface area contributed by atoms with Gasteiger partial charge in [-0.15, -0.1) is 0 Å². The van der Waals surface area contributed by atoms with E-state index in [0.29, 0.717) is 11.1 Å². The summed E-state index contributed by atoms with van der Waals surface area (Å²) < 4.78 is 49.3. The molecule has 1 atom stereocenters. The number of hydrazine groups is 1. The Morgan fingerprint density at radius 1 is 1.35 bits per heavy atom. The Hall–Kier alpha value is -1.14. The van der Waals surface area contributed by atoms with Gasteiger partial charge in [0.1, 0.15) is 5.82 Å². The second-order valence-electron chi connectivity index (χ2n) is 3.88. The highest BCUT2D eigenvalue weighted by atomic mass is 19.4. The third-order valence-electron chi connectivity index (χ3n) is 2.50. The van der Waals surface area contributed by atoms with E-state index in [0.717, 1.165) is 0 Å². The average molecular weight is 250 g/mol. The van der Waals surface area contributed by atoms with Crippen LogP contribution in [0.4, 0.5) is 17.6 Å². The second-order valence-corrected chi connectivity index (χ2v) is 3.88. The zero-order valence-electron chi connectivity index (χ0n) is 9.31. The summed E-state index contributed by atoms with van der Waals surface area (Å²) in [4.78, 5) is 0. The van der Waals surface area contributed by atoms with E-state index in [-0.39, 0.29) is 12.2 Å². The first-order chi connectivity index (χ1) is 7.83. The van der Waals surface area contributed by atoms with Crippen LogP contribution in [-0.2, 0) is 0 Å². The van der Waals surface area contributed by atoms with Crippen LogP contribution in [0.5, 0.6) is 0 Å². The van der Waals surface area contributed by atoms with Gasteiger partial charge in [-0.2, -0.15) is 13.2 Å². The molecule has 1 rings (SSSR count). The van der Waals surface area contributed by atoms with Crippen LogP contribution in [0.25, 0.3) is 0 Å². The summed E-state index contributed by atoms with van der Waals surface area (Å²) in [5.41, 5.74) is 3.25. The fraction of sp³-hybridized carbons (Fsp3) is 0.455. The quantitative estimate of drug-likeness (QED) is 0.490.